The van der Waals surface area contributed by atoms with E-state index >= 15 is 0 Å². The molecule has 2 heterocycles. The summed E-state index contributed by atoms with van der Waals surface area (Å²) >= 11 is 5.26. The first-order valence-electron chi connectivity index (χ1n) is 6.71. The van der Waals surface area contributed by atoms with Crippen LogP contribution in [0.1, 0.15) is 30.2 Å². The third kappa shape index (κ3) is 2.30. The molecule has 1 aromatic heterocycles. The maximum Gasteiger partial charge on any atom is 0.343 e. The van der Waals surface area contributed by atoms with Crippen LogP contribution in [0.5, 0.6) is 0 Å². The zero-order valence-electron chi connectivity index (χ0n) is 11.7. The van der Waals surface area contributed by atoms with Crippen molar-refractivity contribution in [3.05, 3.63) is 38.6 Å². The molecule has 0 saturated carbocycles. The lowest BCUT2D eigenvalue weighted by molar-refractivity contribution is 0.0524. The molecule has 0 unspecified atom stereocenters. The summed E-state index contributed by atoms with van der Waals surface area (Å²) in [6, 6.07) is 3.85. The molecule has 110 valence electrons. The van der Waals surface area contributed by atoms with Crippen molar-refractivity contribution in [1.82, 2.24) is 4.57 Å². The van der Waals surface area contributed by atoms with Crippen LogP contribution in [0.4, 0.5) is 0 Å². The monoisotopic (exact) mass is 367 g/mol. The maximum absolute atomic E-state index is 12.6. The molecule has 0 radical (unpaired) electrons. The van der Waals surface area contributed by atoms with Gasteiger partial charge in [0.15, 0.2) is 0 Å². The first-order chi connectivity index (χ1) is 10.0. The number of nitrogens with zero attached hydrogens (tertiary/aromatic N) is 1. The number of rotatable bonds is 2. The molecule has 4 nitrogen and oxygen atoms in total. The van der Waals surface area contributed by atoms with E-state index in [1.165, 1.54) is 0 Å². The third-order valence-electron chi connectivity index (χ3n) is 3.54. The zero-order valence-corrected chi connectivity index (χ0v) is 14.1. The second kappa shape index (κ2) is 5.50. The minimum absolute atomic E-state index is 0.108. The number of halogens is 1. The van der Waals surface area contributed by atoms with Crippen LogP contribution >= 0.6 is 27.7 Å². The molecule has 1 atom stereocenters. The van der Waals surface area contributed by atoms with Crippen LogP contribution < -0.4 is 5.43 Å². The van der Waals surface area contributed by atoms with Gasteiger partial charge in [-0.05, 0) is 41.9 Å². The van der Waals surface area contributed by atoms with E-state index in [4.69, 9.17) is 4.74 Å². The van der Waals surface area contributed by atoms with Gasteiger partial charge in [0, 0.05) is 32.7 Å². The van der Waals surface area contributed by atoms with E-state index in [0.717, 1.165) is 20.6 Å². The Morgan fingerprint density at radius 1 is 1.52 bits per heavy atom. The molecule has 0 bridgehead atoms. The Balaban J connectivity index is 2.37. The lowest BCUT2D eigenvalue weighted by atomic mass is 10.1. The number of thioether (sulfide) groups is 1. The number of carbonyl (C=O) groups is 1. The minimum Gasteiger partial charge on any atom is -0.462 e. The molecule has 1 aromatic carbocycles. The molecule has 0 saturated heterocycles. The quantitative estimate of drug-likeness (QED) is 0.760. The average molecular weight is 368 g/mol. The highest BCUT2D eigenvalue weighted by molar-refractivity contribution is 9.10. The summed E-state index contributed by atoms with van der Waals surface area (Å²) in [5.41, 5.74) is 0.741. The third-order valence-corrected chi connectivity index (χ3v) is 5.81. The van der Waals surface area contributed by atoms with Crippen LogP contribution in [-0.4, -0.2) is 22.9 Å². The molecular formula is C15H14BrNO3S. The normalized spacial score (nSPS) is 17.0. The number of hydrogen-bond acceptors (Lipinski definition) is 4. The Morgan fingerprint density at radius 2 is 2.29 bits per heavy atom. The van der Waals surface area contributed by atoms with Crippen LogP contribution in [0.25, 0.3) is 10.9 Å². The molecule has 2 aromatic rings. The van der Waals surface area contributed by atoms with Gasteiger partial charge in [0.25, 0.3) is 0 Å². The maximum atomic E-state index is 12.6. The van der Waals surface area contributed by atoms with Gasteiger partial charge in [-0.25, -0.2) is 4.79 Å². The van der Waals surface area contributed by atoms with Gasteiger partial charge in [-0.2, -0.15) is 0 Å². The van der Waals surface area contributed by atoms with E-state index in [9.17, 15) is 9.59 Å². The first-order valence-corrected chi connectivity index (χ1v) is 8.49. The Hall–Kier alpha value is -1.27. The van der Waals surface area contributed by atoms with Gasteiger partial charge in [0.1, 0.15) is 5.56 Å². The average Bonchev–Trinajstić information content (AvgIpc) is 2.46. The summed E-state index contributed by atoms with van der Waals surface area (Å²) in [6.07, 6.45) is 1.64. The highest BCUT2D eigenvalue weighted by Gasteiger charge is 2.24. The van der Waals surface area contributed by atoms with Crippen LogP contribution in [0.15, 0.2) is 32.5 Å². The largest absolute Gasteiger partial charge is 0.462 e. The standard InChI is InChI=1S/C15H14BrNO3S/c1-3-20-15(19)10-6-17-8(2)7-21-14-11(16)5-4-9(12(14)17)13(10)18/h4-6,8H,3,7H2,1-2H3/t8-/m0/s1. The summed E-state index contributed by atoms with van der Waals surface area (Å²) in [7, 11) is 0. The van der Waals surface area contributed by atoms with Gasteiger partial charge in [0.05, 0.1) is 12.1 Å². The fourth-order valence-corrected chi connectivity index (χ4v) is 4.31. The molecule has 3 rings (SSSR count). The van der Waals surface area contributed by atoms with Gasteiger partial charge >= 0.3 is 5.97 Å². The summed E-state index contributed by atoms with van der Waals surface area (Å²) < 4.78 is 7.99. The zero-order chi connectivity index (χ0) is 15.1. The van der Waals surface area contributed by atoms with E-state index in [1.54, 1.807) is 30.9 Å². The molecular weight excluding hydrogens is 354 g/mol. The Bertz CT molecular complexity index is 800. The van der Waals surface area contributed by atoms with E-state index in [0.29, 0.717) is 5.39 Å². The van der Waals surface area contributed by atoms with Crippen molar-refractivity contribution in [2.75, 3.05) is 12.4 Å². The molecule has 0 fully saturated rings. The molecule has 0 aliphatic carbocycles. The predicted octanol–water partition coefficient (Wildman–Crippen LogP) is 3.61. The van der Waals surface area contributed by atoms with Crippen LogP contribution in [0.3, 0.4) is 0 Å². The number of aromatic nitrogens is 1. The van der Waals surface area contributed by atoms with Gasteiger partial charge in [-0.15, -0.1) is 11.8 Å². The molecule has 0 N–H and O–H groups in total. The van der Waals surface area contributed by atoms with Gasteiger partial charge in [0.2, 0.25) is 5.43 Å². The van der Waals surface area contributed by atoms with Crippen LogP contribution in [-0.2, 0) is 4.74 Å². The Kier molecular flexibility index (Phi) is 3.84. The lowest BCUT2D eigenvalue weighted by Crippen LogP contribution is -2.24. The van der Waals surface area contributed by atoms with Crippen molar-refractivity contribution in [3.8, 4) is 0 Å². The van der Waals surface area contributed by atoms with Crippen molar-refractivity contribution in [2.24, 2.45) is 0 Å². The highest BCUT2D eigenvalue weighted by atomic mass is 79.9. The smallest absolute Gasteiger partial charge is 0.343 e. The minimum atomic E-state index is -0.553. The lowest BCUT2D eigenvalue weighted by Gasteiger charge is -2.26. The molecule has 1 aliphatic rings. The van der Waals surface area contributed by atoms with E-state index < -0.39 is 5.97 Å². The fourth-order valence-electron chi connectivity index (χ4n) is 2.52. The van der Waals surface area contributed by atoms with Gasteiger partial charge in [-0.3, -0.25) is 4.79 Å². The van der Waals surface area contributed by atoms with Crippen LogP contribution in [0, 0.1) is 0 Å². The van der Waals surface area contributed by atoms with Crippen molar-refractivity contribution in [2.45, 2.75) is 24.8 Å². The van der Waals surface area contributed by atoms with Crippen molar-refractivity contribution < 1.29 is 9.53 Å². The van der Waals surface area contributed by atoms with Crippen molar-refractivity contribution >= 4 is 44.6 Å². The summed E-state index contributed by atoms with van der Waals surface area (Å²) in [5.74, 6) is 0.346. The van der Waals surface area contributed by atoms with E-state index in [1.807, 2.05) is 10.6 Å². The Labute approximate surface area is 134 Å². The SMILES string of the molecule is CCOC(=O)c1cn2c3c(c(Br)ccc3c1=O)SC[C@@H]2C. The summed E-state index contributed by atoms with van der Waals surface area (Å²) in [5, 5.41) is 0.567. The summed E-state index contributed by atoms with van der Waals surface area (Å²) in [6.45, 7) is 4.07. The number of ether oxygens (including phenoxy) is 1. The molecule has 1 aliphatic heterocycles. The van der Waals surface area contributed by atoms with Gasteiger partial charge < -0.3 is 9.30 Å². The van der Waals surface area contributed by atoms with Gasteiger partial charge in [-0.1, -0.05) is 0 Å². The fraction of sp³-hybridized carbons (Fsp3) is 0.333. The molecule has 6 heteroatoms. The highest BCUT2D eigenvalue weighted by Crippen LogP contribution is 2.40. The molecule has 0 spiro atoms. The summed E-state index contributed by atoms with van der Waals surface area (Å²) in [4.78, 5) is 25.6. The number of pyridine rings is 1. The van der Waals surface area contributed by atoms with E-state index in [2.05, 4.69) is 22.9 Å². The molecule has 21 heavy (non-hydrogen) atoms. The topological polar surface area (TPSA) is 48.3 Å². The number of carbonyl (C=O) groups excluding carboxylic acids is 1. The number of benzene rings is 1. The van der Waals surface area contributed by atoms with Crippen molar-refractivity contribution in [1.29, 1.82) is 0 Å². The second-order valence-corrected chi connectivity index (χ2v) is 6.82. The number of esters is 1. The molecule has 0 amide bonds. The van der Waals surface area contributed by atoms with E-state index in [-0.39, 0.29) is 23.6 Å². The second-order valence-electron chi connectivity index (χ2n) is 4.93. The Morgan fingerprint density at radius 3 is 3.00 bits per heavy atom. The van der Waals surface area contributed by atoms with Crippen LogP contribution in [0.2, 0.25) is 0 Å². The van der Waals surface area contributed by atoms with Crippen molar-refractivity contribution in [3.63, 3.8) is 0 Å². The predicted molar refractivity (Wildman–Crippen MR) is 87.3 cm³/mol. The first kappa shape index (κ1) is 14.7. The number of hydrogen-bond donors (Lipinski definition) is 0.